The Kier molecular flexibility index (Phi) is 9.15. The maximum absolute atomic E-state index is 12.9. The average molecular weight is 623 g/mol. The van der Waals surface area contributed by atoms with Crippen molar-refractivity contribution >= 4 is 33.3 Å². The maximum Gasteiger partial charge on any atom is 0.335 e. The molecular weight excluding hydrogens is 592 g/mol. The number of ether oxygens (including phenoxy) is 1. The zero-order chi connectivity index (χ0) is 32.0. The van der Waals surface area contributed by atoms with Crippen LogP contribution in [0.4, 0.5) is 11.4 Å². The molecule has 228 valence electrons. The Labute approximate surface area is 260 Å². The summed E-state index contributed by atoms with van der Waals surface area (Å²) in [5.41, 5.74) is 4.82. The lowest BCUT2D eigenvalue weighted by Crippen LogP contribution is -2.17. The number of aromatic hydroxyl groups is 1. The second-order valence-electron chi connectivity index (χ2n) is 10.4. The van der Waals surface area contributed by atoms with E-state index >= 15 is 0 Å². The summed E-state index contributed by atoms with van der Waals surface area (Å²) in [6, 6.07) is 32.1. The first-order chi connectivity index (χ1) is 21.5. The van der Waals surface area contributed by atoms with Crippen LogP contribution in [0.5, 0.6) is 11.5 Å². The maximum atomic E-state index is 12.9. The fraction of sp³-hybridized carbons (Fsp3) is 0.0857. The van der Waals surface area contributed by atoms with E-state index in [0.29, 0.717) is 28.3 Å². The number of anilines is 2. The van der Waals surface area contributed by atoms with Crippen LogP contribution in [0.2, 0.25) is 0 Å². The van der Waals surface area contributed by atoms with Gasteiger partial charge in [0.1, 0.15) is 18.1 Å². The Hall–Kier alpha value is -5.61. The number of carbonyl (C=O) groups excluding carboxylic acids is 1. The Morgan fingerprint density at radius 1 is 0.778 bits per heavy atom. The van der Waals surface area contributed by atoms with Crippen molar-refractivity contribution < 1.29 is 33.0 Å². The number of benzene rings is 5. The van der Waals surface area contributed by atoms with Crippen LogP contribution in [-0.4, -0.2) is 30.5 Å². The monoisotopic (exact) mass is 622 g/mol. The van der Waals surface area contributed by atoms with Gasteiger partial charge in [-0.25, -0.2) is 13.2 Å². The van der Waals surface area contributed by atoms with Gasteiger partial charge < -0.3 is 20.3 Å². The Morgan fingerprint density at radius 2 is 1.47 bits per heavy atom. The lowest BCUT2D eigenvalue weighted by molar-refractivity contribution is 0.0695. The van der Waals surface area contributed by atoms with Gasteiger partial charge in [-0.3, -0.25) is 9.52 Å². The molecule has 0 atom stereocenters. The number of nitrogens with one attached hydrogen (secondary N) is 2. The molecule has 5 aromatic rings. The molecule has 0 aliphatic carbocycles. The van der Waals surface area contributed by atoms with Crippen LogP contribution >= 0.6 is 0 Å². The Morgan fingerprint density at radius 3 is 2.18 bits per heavy atom. The van der Waals surface area contributed by atoms with Gasteiger partial charge in [-0.15, -0.1) is 0 Å². The Balaban J connectivity index is 1.21. The van der Waals surface area contributed by atoms with Gasteiger partial charge in [0, 0.05) is 23.0 Å². The molecule has 0 fully saturated rings. The van der Waals surface area contributed by atoms with E-state index in [1.165, 1.54) is 12.1 Å². The molecule has 10 heteroatoms. The average Bonchev–Trinajstić information content (AvgIpc) is 3.00. The number of aromatic carboxylic acids is 1. The third-order valence-electron chi connectivity index (χ3n) is 6.85. The van der Waals surface area contributed by atoms with Gasteiger partial charge in [0.2, 0.25) is 10.0 Å². The molecule has 5 rings (SSSR count). The summed E-state index contributed by atoms with van der Waals surface area (Å²) >= 11 is 0. The minimum atomic E-state index is -3.91. The smallest absolute Gasteiger partial charge is 0.335 e. The number of carboxylic acids is 1. The number of carboxylic acid groups (broad SMARTS) is 1. The van der Waals surface area contributed by atoms with Crippen molar-refractivity contribution in [2.45, 2.75) is 19.3 Å². The normalized spacial score (nSPS) is 11.0. The van der Waals surface area contributed by atoms with Gasteiger partial charge in [-0.05, 0) is 89.3 Å². The second-order valence-corrected chi connectivity index (χ2v) is 12.1. The number of phenolic OH excluding ortho intramolecular Hbond substituents is 1. The predicted octanol–water partition coefficient (Wildman–Crippen LogP) is 6.84. The number of hydrogen-bond acceptors (Lipinski definition) is 6. The van der Waals surface area contributed by atoms with E-state index < -0.39 is 21.7 Å². The first-order valence-electron chi connectivity index (χ1n) is 13.9. The molecule has 0 spiro atoms. The lowest BCUT2D eigenvalue weighted by Gasteiger charge is -2.13. The van der Waals surface area contributed by atoms with Gasteiger partial charge in [-0.2, -0.15) is 0 Å². The number of sulfonamides is 1. The largest absolute Gasteiger partial charge is 0.508 e. The topological polar surface area (TPSA) is 142 Å². The first-order valence-corrected chi connectivity index (χ1v) is 15.6. The molecule has 9 nitrogen and oxygen atoms in total. The van der Waals surface area contributed by atoms with E-state index in [0.717, 1.165) is 16.7 Å². The molecule has 0 radical (unpaired) electrons. The summed E-state index contributed by atoms with van der Waals surface area (Å²) in [6.07, 6.45) is 0. The lowest BCUT2D eigenvalue weighted by atomic mass is 10.0. The van der Waals surface area contributed by atoms with Gasteiger partial charge in [-0.1, -0.05) is 54.6 Å². The van der Waals surface area contributed by atoms with Gasteiger partial charge in [0.25, 0.3) is 5.91 Å². The highest BCUT2D eigenvalue weighted by Crippen LogP contribution is 2.25. The van der Waals surface area contributed by atoms with Crippen molar-refractivity contribution in [1.82, 2.24) is 0 Å². The molecule has 4 N–H and O–H groups in total. The molecule has 45 heavy (non-hydrogen) atoms. The number of carbonyl (C=O) groups is 2. The fourth-order valence-corrected chi connectivity index (χ4v) is 5.99. The summed E-state index contributed by atoms with van der Waals surface area (Å²) < 4.78 is 34.3. The SMILES string of the molecule is Cc1cc(COc2cccc(NC(=O)c3ccc(-c4ccc(O)cc4)cc3)c2)cc(NS(=O)(=O)Cc2ccccc2C(=O)O)c1. The van der Waals surface area contributed by atoms with Crippen LogP contribution in [0.25, 0.3) is 11.1 Å². The third kappa shape index (κ3) is 8.27. The molecule has 0 saturated carbocycles. The van der Waals surface area contributed by atoms with Crippen LogP contribution < -0.4 is 14.8 Å². The van der Waals surface area contributed by atoms with Crippen molar-refractivity contribution in [3.8, 4) is 22.6 Å². The quantitative estimate of drug-likeness (QED) is 0.126. The number of phenols is 1. The van der Waals surface area contributed by atoms with E-state index in [1.807, 2.05) is 25.1 Å². The van der Waals surface area contributed by atoms with Crippen molar-refractivity contribution in [3.05, 3.63) is 143 Å². The van der Waals surface area contributed by atoms with Crippen molar-refractivity contribution in [3.63, 3.8) is 0 Å². The molecular formula is C35H30N2O7S. The molecule has 0 bridgehead atoms. The fourth-order valence-electron chi connectivity index (χ4n) is 4.78. The molecule has 0 saturated heterocycles. The van der Waals surface area contributed by atoms with E-state index in [9.17, 15) is 28.2 Å². The van der Waals surface area contributed by atoms with Crippen molar-refractivity contribution in [2.24, 2.45) is 0 Å². The molecule has 0 unspecified atom stereocenters. The van der Waals surface area contributed by atoms with E-state index in [2.05, 4.69) is 10.0 Å². The minimum absolute atomic E-state index is 0.0665. The van der Waals surface area contributed by atoms with Crippen LogP contribution in [0, 0.1) is 6.92 Å². The molecule has 1 amide bonds. The molecule has 0 aliphatic rings. The van der Waals surface area contributed by atoms with Crippen molar-refractivity contribution in [1.29, 1.82) is 0 Å². The van der Waals surface area contributed by atoms with E-state index in [-0.39, 0.29) is 29.4 Å². The number of hydrogen-bond donors (Lipinski definition) is 4. The molecule has 0 aromatic heterocycles. The summed E-state index contributed by atoms with van der Waals surface area (Å²) in [7, 11) is -3.91. The zero-order valence-corrected chi connectivity index (χ0v) is 25.0. The molecule has 0 heterocycles. The van der Waals surface area contributed by atoms with Gasteiger partial charge in [0.15, 0.2) is 0 Å². The zero-order valence-electron chi connectivity index (χ0n) is 24.2. The summed E-state index contributed by atoms with van der Waals surface area (Å²) in [6.45, 7) is 1.96. The highest BCUT2D eigenvalue weighted by molar-refractivity contribution is 7.91. The predicted molar refractivity (Wildman–Crippen MR) is 173 cm³/mol. The highest BCUT2D eigenvalue weighted by Gasteiger charge is 2.18. The number of rotatable bonds is 11. The standard InChI is InChI=1S/C35H30N2O7S/c1-23-17-24(19-30(18-23)37-45(42,43)22-28-5-2-3-8-33(28)35(40)41)21-44-32-7-4-6-29(20-32)36-34(39)27-11-9-25(10-12-27)26-13-15-31(38)16-14-26/h2-20,37-38H,21-22H2,1H3,(H,36,39)(H,40,41). The minimum Gasteiger partial charge on any atom is -0.508 e. The molecule has 0 aliphatic heterocycles. The van der Waals surface area contributed by atoms with Gasteiger partial charge in [0.05, 0.1) is 11.3 Å². The summed E-state index contributed by atoms with van der Waals surface area (Å²) in [4.78, 5) is 24.4. The van der Waals surface area contributed by atoms with Crippen LogP contribution in [0.3, 0.4) is 0 Å². The van der Waals surface area contributed by atoms with Crippen LogP contribution in [-0.2, 0) is 22.4 Å². The van der Waals surface area contributed by atoms with E-state index in [4.69, 9.17) is 4.74 Å². The Bertz CT molecular complexity index is 1960. The summed E-state index contributed by atoms with van der Waals surface area (Å²) in [5.74, 6) is -1.28. The van der Waals surface area contributed by atoms with Crippen molar-refractivity contribution in [2.75, 3.05) is 10.0 Å². The number of amides is 1. The van der Waals surface area contributed by atoms with Crippen LogP contribution in [0.15, 0.2) is 115 Å². The first kappa shape index (κ1) is 30.8. The number of aryl methyl sites for hydroxylation is 1. The summed E-state index contributed by atoms with van der Waals surface area (Å²) in [5, 5.41) is 21.8. The van der Waals surface area contributed by atoms with Crippen LogP contribution in [0.1, 0.15) is 37.4 Å². The molecule has 5 aromatic carbocycles. The highest BCUT2D eigenvalue weighted by atomic mass is 32.2. The van der Waals surface area contributed by atoms with E-state index in [1.54, 1.807) is 84.9 Å². The third-order valence-corrected chi connectivity index (χ3v) is 8.09. The van der Waals surface area contributed by atoms with Gasteiger partial charge >= 0.3 is 5.97 Å². The second kappa shape index (κ2) is 13.4.